The number of nitro benzene ring substituents is 1. The van der Waals surface area contributed by atoms with Gasteiger partial charge in [0, 0.05) is 17.7 Å². The van der Waals surface area contributed by atoms with E-state index in [1.54, 1.807) is 24.3 Å². The molecule has 32 heavy (non-hydrogen) atoms. The number of amides is 1. The van der Waals surface area contributed by atoms with Gasteiger partial charge in [-0.15, -0.1) is 0 Å². The smallest absolute Gasteiger partial charge is 0.328 e. The zero-order valence-electron chi connectivity index (χ0n) is 17.1. The number of nitriles is 1. The van der Waals surface area contributed by atoms with E-state index in [1.165, 1.54) is 25.1 Å². The number of rotatable bonds is 7. The molecule has 0 aliphatic rings. The third-order valence-corrected chi connectivity index (χ3v) is 4.71. The molecule has 0 saturated carbocycles. The zero-order chi connectivity index (χ0) is 23.1. The molecule has 0 fully saturated rings. The highest BCUT2D eigenvalue weighted by Crippen LogP contribution is 2.23. The van der Waals surface area contributed by atoms with E-state index >= 15 is 0 Å². The van der Waals surface area contributed by atoms with Crippen LogP contribution in [0.1, 0.15) is 28.4 Å². The summed E-state index contributed by atoms with van der Waals surface area (Å²) >= 11 is 0. The Kier molecular flexibility index (Phi) is 6.93. The van der Waals surface area contributed by atoms with Gasteiger partial charge in [-0.05, 0) is 35.7 Å². The Hall–Kier alpha value is -4.51. The van der Waals surface area contributed by atoms with Crippen molar-refractivity contribution in [1.29, 1.82) is 5.26 Å². The van der Waals surface area contributed by atoms with Crippen LogP contribution >= 0.6 is 0 Å². The Balaban J connectivity index is 1.57. The van der Waals surface area contributed by atoms with Crippen molar-refractivity contribution in [3.05, 3.63) is 99.6 Å². The van der Waals surface area contributed by atoms with Gasteiger partial charge < -0.3 is 10.1 Å². The van der Waals surface area contributed by atoms with Crippen molar-refractivity contribution in [2.75, 3.05) is 0 Å². The highest BCUT2D eigenvalue weighted by molar-refractivity contribution is 5.97. The Morgan fingerprint density at radius 2 is 1.81 bits per heavy atom. The topological polar surface area (TPSA) is 122 Å². The van der Waals surface area contributed by atoms with Crippen LogP contribution in [0.15, 0.2) is 72.8 Å². The lowest BCUT2D eigenvalue weighted by atomic mass is 9.99. The highest BCUT2D eigenvalue weighted by Gasteiger charge is 2.19. The summed E-state index contributed by atoms with van der Waals surface area (Å²) in [6.45, 7) is 1.48. The number of hydrogen-bond acceptors (Lipinski definition) is 6. The monoisotopic (exact) mass is 429 g/mol. The van der Waals surface area contributed by atoms with E-state index in [9.17, 15) is 25.0 Å². The minimum atomic E-state index is -0.941. The molecule has 0 aliphatic carbocycles. The van der Waals surface area contributed by atoms with Crippen LogP contribution in [-0.2, 0) is 16.1 Å². The second-order valence-corrected chi connectivity index (χ2v) is 6.96. The molecule has 0 aromatic heterocycles. The first-order chi connectivity index (χ1) is 15.4. The van der Waals surface area contributed by atoms with Crippen molar-refractivity contribution >= 4 is 17.6 Å². The van der Waals surface area contributed by atoms with Gasteiger partial charge in [0.25, 0.3) is 11.6 Å². The van der Waals surface area contributed by atoms with Gasteiger partial charge in [-0.2, -0.15) is 5.26 Å². The molecule has 3 rings (SSSR count). The summed E-state index contributed by atoms with van der Waals surface area (Å²) in [5.74, 6) is -1.25. The molecule has 0 aliphatic heterocycles. The molecular weight excluding hydrogens is 410 g/mol. The minimum Gasteiger partial charge on any atom is -0.459 e. The largest absolute Gasteiger partial charge is 0.459 e. The second kappa shape index (κ2) is 10.00. The fraction of sp³-hybridized carbons (Fsp3) is 0.125. The summed E-state index contributed by atoms with van der Waals surface area (Å²) in [6, 6.07) is 21.0. The Morgan fingerprint density at radius 1 is 1.09 bits per heavy atom. The first-order valence-corrected chi connectivity index (χ1v) is 9.69. The maximum Gasteiger partial charge on any atom is 0.328 e. The molecule has 0 spiro atoms. The molecule has 3 aromatic rings. The van der Waals surface area contributed by atoms with E-state index in [-0.39, 0.29) is 17.9 Å². The number of carbonyl (C=O) groups excluding carboxylic acids is 2. The molecule has 0 radical (unpaired) electrons. The Morgan fingerprint density at radius 3 is 2.50 bits per heavy atom. The summed E-state index contributed by atoms with van der Waals surface area (Å²) in [6.07, 6.45) is 0. The molecule has 8 nitrogen and oxygen atoms in total. The molecule has 1 N–H and O–H groups in total. The van der Waals surface area contributed by atoms with Crippen molar-refractivity contribution in [2.45, 2.75) is 19.6 Å². The van der Waals surface area contributed by atoms with Crippen LogP contribution in [0, 0.1) is 21.4 Å². The average Bonchev–Trinajstić information content (AvgIpc) is 2.82. The van der Waals surface area contributed by atoms with Crippen LogP contribution in [0.4, 0.5) is 5.69 Å². The van der Waals surface area contributed by atoms with Gasteiger partial charge >= 0.3 is 5.97 Å². The number of benzene rings is 3. The molecule has 160 valence electrons. The number of ether oxygens (including phenoxy) is 1. The predicted molar refractivity (Wildman–Crippen MR) is 116 cm³/mol. The lowest BCUT2D eigenvalue weighted by Gasteiger charge is -2.14. The van der Waals surface area contributed by atoms with Gasteiger partial charge in [-0.25, -0.2) is 4.79 Å². The number of nitrogens with zero attached hydrogens (tertiary/aromatic N) is 2. The SMILES string of the molecule is C[C@H](NC(=O)c1cccc([N+](=O)[O-])c1)C(=O)OCc1ccc(-c2ccccc2C#N)cc1. The fourth-order valence-electron chi connectivity index (χ4n) is 2.99. The number of carbonyl (C=O) groups is 2. The fourth-order valence-corrected chi connectivity index (χ4v) is 2.99. The van der Waals surface area contributed by atoms with Gasteiger partial charge in [-0.3, -0.25) is 14.9 Å². The number of hydrogen-bond donors (Lipinski definition) is 1. The molecule has 1 amide bonds. The minimum absolute atomic E-state index is 0.00995. The number of nitrogens with one attached hydrogen (secondary N) is 1. The summed E-state index contributed by atoms with van der Waals surface area (Å²) in [4.78, 5) is 34.8. The molecule has 3 aromatic carbocycles. The molecular formula is C24H19N3O5. The van der Waals surface area contributed by atoms with E-state index in [1.807, 2.05) is 24.3 Å². The van der Waals surface area contributed by atoms with E-state index in [0.717, 1.165) is 22.8 Å². The van der Waals surface area contributed by atoms with Crippen molar-refractivity contribution in [2.24, 2.45) is 0 Å². The van der Waals surface area contributed by atoms with Crippen molar-refractivity contribution in [3.8, 4) is 17.2 Å². The van der Waals surface area contributed by atoms with Gasteiger partial charge in [0.2, 0.25) is 0 Å². The molecule has 0 saturated heterocycles. The average molecular weight is 429 g/mol. The molecule has 0 bridgehead atoms. The van der Waals surface area contributed by atoms with Gasteiger partial charge in [-0.1, -0.05) is 48.5 Å². The lowest BCUT2D eigenvalue weighted by Crippen LogP contribution is -2.39. The van der Waals surface area contributed by atoms with E-state index in [2.05, 4.69) is 11.4 Å². The summed E-state index contributed by atoms with van der Waals surface area (Å²) in [5, 5.41) is 22.6. The van der Waals surface area contributed by atoms with Crippen LogP contribution in [0.2, 0.25) is 0 Å². The molecule has 1 atom stereocenters. The third kappa shape index (κ3) is 5.34. The van der Waals surface area contributed by atoms with Crippen LogP contribution in [0.25, 0.3) is 11.1 Å². The maximum absolute atomic E-state index is 12.3. The quantitative estimate of drug-likeness (QED) is 0.344. The third-order valence-electron chi connectivity index (χ3n) is 4.71. The van der Waals surface area contributed by atoms with Crippen molar-refractivity contribution in [1.82, 2.24) is 5.32 Å². The van der Waals surface area contributed by atoms with E-state index in [0.29, 0.717) is 5.56 Å². The summed E-state index contributed by atoms with van der Waals surface area (Å²) < 4.78 is 5.26. The van der Waals surface area contributed by atoms with Crippen molar-refractivity contribution in [3.63, 3.8) is 0 Å². The van der Waals surface area contributed by atoms with Gasteiger partial charge in [0.05, 0.1) is 16.6 Å². The Bertz CT molecular complexity index is 1200. The predicted octanol–water partition coefficient (Wildman–Crippen LogP) is 4.00. The number of esters is 1. The van der Waals surface area contributed by atoms with Crippen LogP contribution < -0.4 is 5.32 Å². The normalized spacial score (nSPS) is 11.1. The first-order valence-electron chi connectivity index (χ1n) is 9.69. The molecule has 0 unspecified atom stereocenters. The van der Waals surface area contributed by atoms with Gasteiger partial charge in [0.1, 0.15) is 12.6 Å². The summed E-state index contributed by atoms with van der Waals surface area (Å²) in [5.41, 5.74) is 2.86. The van der Waals surface area contributed by atoms with Crippen molar-refractivity contribution < 1.29 is 19.2 Å². The van der Waals surface area contributed by atoms with Crippen LogP contribution in [0.5, 0.6) is 0 Å². The number of nitro groups is 1. The Labute approximate surface area is 184 Å². The zero-order valence-corrected chi connectivity index (χ0v) is 17.1. The summed E-state index contributed by atoms with van der Waals surface area (Å²) in [7, 11) is 0. The standard InChI is InChI=1S/C24H19N3O5/c1-16(26-23(28)19-6-4-7-21(13-19)27(30)31)24(29)32-15-17-9-11-18(12-10-17)22-8-3-2-5-20(22)14-25/h2-13,16H,15H2,1H3,(H,26,28)/t16-/m0/s1. The van der Waals surface area contributed by atoms with E-state index < -0.39 is 22.8 Å². The van der Waals surface area contributed by atoms with E-state index in [4.69, 9.17) is 4.74 Å². The lowest BCUT2D eigenvalue weighted by molar-refractivity contribution is -0.384. The van der Waals surface area contributed by atoms with Crippen LogP contribution in [-0.4, -0.2) is 22.8 Å². The second-order valence-electron chi connectivity index (χ2n) is 6.96. The van der Waals surface area contributed by atoms with Gasteiger partial charge in [0.15, 0.2) is 0 Å². The molecule has 0 heterocycles. The maximum atomic E-state index is 12.3. The number of non-ortho nitro benzene ring substituents is 1. The first kappa shape index (κ1) is 22.2. The highest BCUT2D eigenvalue weighted by atomic mass is 16.6. The van der Waals surface area contributed by atoms with Crippen LogP contribution in [0.3, 0.4) is 0 Å². The molecule has 8 heteroatoms.